The van der Waals surface area contributed by atoms with E-state index >= 15 is 0 Å². The molecular weight excluding hydrogens is 459 g/mol. The van der Waals surface area contributed by atoms with E-state index < -0.39 is 0 Å². The topological polar surface area (TPSA) is 66.4 Å². The Morgan fingerprint density at radius 1 is 1.26 bits per heavy atom. The van der Waals surface area contributed by atoms with E-state index in [1.807, 2.05) is 4.90 Å². The van der Waals surface area contributed by atoms with Crippen LogP contribution in [-0.4, -0.2) is 86.9 Å². The summed E-state index contributed by atoms with van der Waals surface area (Å²) in [5.74, 6) is 1.05. The zero-order valence-electron chi connectivity index (χ0n) is 17.5. The molecule has 2 fully saturated rings. The summed E-state index contributed by atoms with van der Waals surface area (Å²) in [6.45, 7) is 13.7. The van der Waals surface area contributed by atoms with Gasteiger partial charge in [0, 0.05) is 46.4 Å². The summed E-state index contributed by atoms with van der Waals surface area (Å²) in [7, 11) is 1.74. The van der Waals surface area contributed by atoms with Crippen LogP contribution in [0.3, 0.4) is 0 Å². The van der Waals surface area contributed by atoms with Gasteiger partial charge in [0.15, 0.2) is 5.96 Å². The molecule has 2 heterocycles. The lowest BCUT2D eigenvalue weighted by Crippen LogP contribution is -2.55. The number of amides is 1. The Morgan fingerprint density at radius 3 is 2.37 bits per heavy atom. The van der Waals surface area contributed by atoms with Gasteiger partial charge in [0.2, 0.25) is 0 Å². The third-order valence-corrected chi connectivity index (χ3v) is 5.09. The Morgan fingerprint density at radius 2 is 1.89 bits per heavy atom. The largest absolute Gasteiger partial charge is 0.379 e. The lowest BCUT2D eigenvalue weighted by atomic mass is 9.89. The fourth-order valence-electron chi connectivity index (χ4n) is 3.41. The van der Waals surface area contributed by atoms with Crippen molar-refractivity contribution in [1.82, 2.24) is 15.1 Å². The molecule has 0 aromatic carbocycles. The zero-order valence-corrected chi connectivity index (χ0v) is 19.8. The van der Waals surface area contributed by atoms with Crippen molar-refractivity contribution in [3.63, 3.8) is 0 Å². The van der Waals surface area contributed by atoms with Crippen LogP contribution in [0.5, 0.6) is 0 Å². The molecule has 0 saturated carbocycles. The van der Waals surface area contributed by atoms with Gasteiger partial charge in [-0.2, -0.15) is 0 Å². The average Bonchev–Trinajstić information content (AvgIpc) is 3.14. The Labute approximate surface area is 181 Å². The molecule has 0 aromatic rings. The first-order chi connectivity index (χ1) is 12.4. The molecule has 1 N–H and O–H groups in total. The molecule has 2 unspecified atom stereocenters. The van der Waals surface area contributed by atoms with Crippen molar-refractivity contribution in [1.29, 1.82) is 0 Å². The number of hydrogen-bond donors (Lipinski definition) is 1. The fraction of sp³-hybridized carbons (Fsp3) is 0.895. The van der Waals surface area contributed by atoms with Crippen molar-refractivity contribution < 1.29 is 14.3 Å². The highest BCUT2D eigenvalue weighted by Gasteiger charge is 2.31. The Kier molecular flexibility index (Phi) is 10.3. The molecule has 0 radical (unpaired) electrons. The van der Waals surface area contributed by atoms with Gasteiger partial charge in [0.05, 0.1) is 12.6 Å². The van der Waals surface area contributed by atoms with E-state index in [0.717, 1.165) is 51.5 Å². The minimum Gasteiger partial charge on any atom is -0.379 e. The number of nitrogens with zero attached hydrogens (tertiary/aromatic N) is 3. The maximum Gasteiger partial charge on any atom is 0.251 e. The molecule has 2 rings (SSSR count). The molecule has 8 heteroatoms. The van der Waals surface area contributed by atoms with Crippen LogP contribution in [0.1, 0.15) is 40.5 Å². The Hall–Kier alpha value is -0.610. The molecule has 0 bridgehead atoms. The van der Waals surface area contributed by atoms with E-state index in [1.54, 1.807) is 7.11 Å². The van der Waals surface area contributed by atoms with Crippen LogP contribution in [0.2, 0.25) is 0 Å². The SMILES string of the molecule is CCNC(=NCC(OC)C(C)(C)C)N1CCN(C(=O)C2CCCO2)CC1.I. The van der Waals surface area contributed by atoms with Crippen LogP contribution in [0.4, 0.5) is 0 Å². The number of aliphatic imine (C=N–C) groups is 1. The van der Waals surface area contributed by atoms with Gasteiger partial charge >= 0.3 is 0 Å². The number of nitrogens with one attached hydrogen (secondary N) is 1. The minimum atomic E-state index is -0.224. The van der Waals surface area contributed by atoms with E-state index in [0.29, 0.717) is 13.2 Å². The van der Waals surface area contributed by atoms with Crippen molar-refractivity contribution in [2.45, 2.75) is 52.7 Å². The first-order valence-electron chi connectivity index (χ1n) is 9.83. The standard InChI is InChI=1S/C19H36N4O3.HI/c1-6-20-18(21-14-16(25-5)19(2,3)4)23-11-9-22(10-12-23)17(24)15-8-7-13-26-15;/h15-16H,6-14H2,1-5H3,(H,20,21);1H. The van der Waals surface area contributed by atoms with Crippen molar-refractivity contribution >= 4 is 35.8 Å². The highest BCUT2D eigenvalue weighted by molar-refractivity contribution is 14.0. The third-order valence-electron chi connectivity index (χ3n) is 5.09. The molecule has 0 aliphatic carbocycles. The van der Waals surface area contributed by atoms with Crippen molar-refractivity contribution in [3.8, 4) is 0 Å². The summed E-state index contributed by atoms with van der Waals surface area (Å²) in [5, 5.41) is 3.37. The van der Waals surface area contributed by atoms with Crippen molar-refractivity contribution in [2.75, 3.05) is 53.0 Å². The number of methoxy groups -OCH3 is 1. The smallest absolute Gasteiger partial charge is 0.251 e. The maximum absolute atomic E-state index is 12.5. The van der Waals surface area contributed by atoms with E-state index in [4.69, 9.17) is 14.5 Å². The highest BCUT2D eigenvalue weighted by Crippen LogP contribution is 2.22. The van der Waals surface area contributed by atoms with E-state index in [1.165, 1.54) is 0 Å². The molecule has 2 aliphatic rings. The zero-order chi connectivity index (χ0) is 19.2. The van der Waals surface area contributed by atoms with Crippen molar-refractivity contribution in [3.05, 3.63) is 0 Å². The van der Waals surface area contributed by atoms with E-state index in [2.05, 4.69) is 37.9 Å². The van der Waals surface area contributed by atoms with E-state index in [9.17, 15) is 4.79 Å². The van der Waals surface area contributed by atoms with Gasteiger partial charge in [-0.1, -0.05) is 20.8 Å². The first kappa shape index (κ1) is 24.4. The van der Waals surface area contributed by atoms with E-state index in [-0.39, 0.29) is 47.5 Å². The van der Waals surface area contributed by atoms with Gasteiger partial charge in [-0.05, 0) is 25.2 Å². The number of hydrogen-bond acceptors (Lipinski definition) is 4. The van der Waals surface area contributed by atoms with Crippen LogP contribution in [0, 0.1) is 5.41 Å². The summed E-state index contributed by atoms with van der Waals surface area (Å²) in [5.41, 5.74) is 0.0436. The Bertz CT molecular complexity index is 482. The number of rotatable bonds is 5. The second-order valence-corrected chi connectivity index (χ2v) is 8.10. The predicted molar refractivity (Wildman–Crippen MR) is 119 cm³/mol. The summed E-state index contributed by atoms with van der Waals surface area (Å²) in [6.07, 6.45) is 1.69. The van der Waals surface area contributed by atoms with Crippen LogP contribution >= 0.6 is 24.0 Å². The van der Waals surface area contributed by atoms with Gasteiger partial charge in [-0.25, -0.2) is 0 Å². The summed E-state index contributed by atoms with van der Waals surface area (Å²) >= 11 is 0. The second-order valence-electron chi connectivity index (χ2n) is 8.10. The second kappa shape index (κ2) is 11.4. The van der Waals surface area contributed by atoms with Gasteiger partial charge in [-0.3, -0.25) is 9.79 Å². The lowest BCUT2D eigenvalue weighted by molar-refractivity contribution is -0.142. The average molecular weight is 496 g/mol. The summed E-state index contributed by atoms with van der Waals surface area (Å²) in [4.78, 5) is 21.5. The fourth-order valence-corrected chi connectivity index (χ4v) is 3.41. The van der Waals surface area contributed by atoms with Crippen LogP contribution in [0.15, 0.2) is 4.99 Å². The van der Waals surface area contributed by atoms with Gasteiger partial charge < -0.3 is 24.6 Å². The molecule has 0 spiro atoms. The monoisotopic (exact) mass is 496 g/mol. The molecule has 1 amide bonds. The molecular formula is C19H37IN4O3. The number of guanidine groups is 1. The van der Waals surface area contributed by atoms with Crippen LogP contribution < -0.4 is 5.32 Å². The van der Waals surface area contributed by atoms with Gasteiger partial charge in [0.25, 0.3) is 5.91 Å². The normalized spacial score (nSPS) is 22.4. The quantitative estimate of drug-likeness (QED) is 0.358. The minimum absolute atomic E-state index is 0. The van der Waals surface area contributed by atoms with Crippen LogP contribution in [0.25, 0.3) is 0 Å². The molecule has 7 nitrogen and oxygen atoms in total. The Balaban J connectivity index is 0.00000364. The summed E-state index contributed by atoms with van der Waals surface area (Å²) in [6, 6.07) is 0. The van der Waals surface area contributed by atoms with Crippen molar-refractivity contribution in [2.24, 2.45) is 10.4 Å². The lowest BCUT2D eigenvalue weighted by Gasteiger charge is -2.37. The predicted octanol–water partition coefficient (Wildman–Crippen LogP) is 1.95. The molecule has 0 aromatic heterocycles. The molecule has 27 heavy (non-hydrogen) atoms. The molecule has 2 atom stereocenters. The third kappa shape index (κ3) is 7.05. The molecule has 2 aliphatic heterocycles. The van der Waals surface area contributed by atoms with Crippen LogP contribution in [-0.2, 0) is 14.3 Å². The number of halogens is 1. The molecule has 2 saturated heterocycles. The number of carbonyl (C=O) groups excluding carboxylic acids is 1. The first-order valence-corrected chi connectivity index (χ1v) is 9.83. The number of ether oxygens (including phenoxy) is 2. The number of piperazine rings is 1. The maximum atomic E-state index is 12.5. The highest BCUT2D eigenvalue weighted by atomic mass is 127. The summed E-state index contributed by atoms with van der Waals surface area (Å²) < 4.78 is 11.2. The van der Waals surface area contributed by atoms with Gasteiger partial charge in [0.1, 0.15) is 6.10 Å². The number of carbonyl (C=O) groups is 1. The van der Waals surface area contributed by atoms with Gasteiger partial charge in [-0.15, -0.1) is 24.0 Å². The molecule has 158 valence electrons.